The summed E-state index contributed by atoms with van der Waals surface area (Å²) in [6.45, 7) is 5.42. The molecule has 0 aromatic carbocycles. The third-order valence-corrected chi connectivity index (χ3v) is 2.34. The van der Waals surface area contributed by atoms with Gasteiger partial charge in [-0.25, -0.2) is 0 Å². The van der Waals surface area contributed by atoms with E-state index in [0.29, 0.717) is 12.5 Å². The van der Waals surface area contributed by atoms with Gasteiger partial charge in [0, 0.05) is 13.2 Å². The van der Waals surface area contributed by atoms with Crippen molar-refractivity contribution in [2.45, 2.75) is 38.7 Å². The van der Waals surface area contributed by atoms with Crippen molar-refractivity contribution < 1.29 is 9.84 Å². The second-order valence-corrected chi connectivity index (χ2v) is 3.98. The summed E-state index contributed by atoms with van der Waals surface area (Å²) in [5.74, 6) is 0.670. The highest BCUT2D eigenvalue weighted by Gasteiger charge is 2.27. The molecular weight excluding hydrogens is 140 g/mol. The number of hydrogen-bond acceptors (Lipinski definition) is 2. The standard InChI is InChI=1S/C9H18O2/c1-9(2)7-8(3-5-10)4-6-11-9/h8,10H,3-7H2,1-2H3/t8-/m1/s1. The fourth-order valence-corrected chi connectivity index (χ4v) is 1.79. The first-order chi connectivity index (χ1) is 5.14. The van der Waals surface area contributed by atoms with Crippen LogP contribution in [0.3, 0.4) is 0 Å². The molecule has 1 atom stereocenters. The van der Waals surface area contributed by atoms with Crippen molar-refractivity contribution in [1.82, 2.24) is 0 Å². The van der Waals surface area contributed by atoms with Crippen molar-refractivity contribution >= 4 is 0 Å². The Labute approximate surface area is 68.6 Å². The van der Waals surface area contributed by atoms with Gasteiger partial charge in [0.2, 0.25) is 0 Å². The van der Waals surface area contributed by atoms with Gasteiger partial charge in [-0.2, -0.15) is 0 Å². The molecule has 1 saturated heterocycles. The second kappa shape index (κ2) is 3.55. The third kappa shape index (κ3) is 2.80. The van der Waals surface area contributed by atoms with Crippen LogP contribution in [-0.2, 0) is 4.74 Å². The Balaban J connectivity index is 2.34. The maximum Gasteiger partial charge on any atom is 0.0629 e. The lowest BCUT2D eigenvalue weighted by Gasteiger charge is -2.35. The van der Waals surface area contributed by atoms with Gasteiger partial charge in [0.05, 0.1) is 5.60 Å². The van der Waals surface area contributed by atoms with Gasteiger partial charge in [0.25, 0.3) is 0 Å². The van der Waals surface area contributed by atoms with Crippen LogP contribution in [0.1, 0.15) is 33.1 Å². The summed E-state index contributed by atoms with van der Waals surface area (Å²) >= 11 is 0. The molecular formula is C9H18O2. The van der Waals surface area contributed by atoms with Crippen LogP contribution in [0.5, 0.6) is 0 Å². The Morgan fingerprint density at radius 2 is 2.27 bits per heavy atom. The lowest BCUT2D eigenvalue weighted by molar-refractivity contribution is -0.0752. The van der Waals surface area contributed by atoms with Crippen LogP contribution >= 0.6 is 0 Å². The maximum absolute atomic E-state index is 8.75. The molecule has 11 heavy (non-hydrogen) atoms. The lowest BCUT2D eigenvalue weighted by atomic mass is 9.86. The molecule has 0 spiro atoms. The summed E-state index contributed by atoms with van der Waals surface area (Å²) < 4.78 is 5.56. The number of aliphatic hydroxyl groups is 1. The highest BCUT2D eigenvalue weighted by atomic mass is 16.5. The first-order valence-corrected chi connectivity index (χ1v) is 4.39. The van der Waals surface area contributed by atoms with Crippen LogP contribution in [0.2, 0.25) is 0 Å². The first-order valence-electron chi connectivity index (χ1n) is 4.39. The average molecular weight is 158 g/mol. The van der Waals surface area contributed by atoms with Crippen LogP contribution in [0.25, 0.3) is 0 Å². The zero-order valence-electron chi connectivity index (χ0n) is 7.47. The minimum absolute atomic E-state index is 0.0398. The summed E-state index contributed by atoms with van der Waals surface area (Å²) in [5.41, 5.74) is 0.0398. The Bertz CT molecular complexity index is 119. The van der Waals surface area contributed by atoms with E-state index in [-0.39, 0.29) is 5.60 Å². The first kappa shape index (κ1) is 9.01. The normalized spacial score (nSPS) is 30.3. The van der Waals surface area contributed by atoms with Crippen LogP contribution in [0, 0.1) is 5.92 Å². The van der Waals surface area contributed by atoms with Gasteiger partial charge in [-0.05, 0) is 39.0 Å². The molecule has 0 unspecified atom stereocenters. The molecule has 1 fully saturated rings. The predicted molar refractivity (Wildman–Crippen MR) is 44.5 cm³/mol. The van der Waals surface area contributed by atoms with Gasteiger partial charge >= 0.3 is 0 Å². The van der Waals surface area contributed by atoms with Gasteiger partial charge in [0.15, 0.2) is 0 Å². The van der Waals surface area contributed by atoms with Crippen molar-refractivity contribution in [3.05, 3.63) is 0 Å². The van der Waals surface area contributed by atoms with E-state index in [1.54, 1.807) is 0 Å². The quantitative estimate of drug-likeness (QED) is 0.661. The summed E-state index contributed by atoms with van der Waals surface area (Å²) in [5, 5.41) is 8.75. The topological polar surface area (TPSA) is 29.5 Å². The van der Waals surface area contributed by atoms with Crippen LogP contribution < -0.4 is 0 Å². The Kier molecular flexibility index (Phi) is 2.90. The number of rotatable bonds is 2. The largest absolute Gasteiger partial charge is 0.396 e. The fraction of sp³-hybridized carbons (Fsp3) is 1.00. The van der Waals surface area contributed by atoms with Crippen molar-refractivity contribution in [3.63, 3.8) is 0 Å². The van der Waals surface area contributed by atoms with Gasteiger partial charge in [-0.1, -0.05) is 0 Å². The molecule has 0 bridgehead atoms. The Morgan fingerprint density at radius 3 is 2.82 bits per heavy atom. The number of aliphatic hydroxyl groups excluding tert-OH is 1. The van der Waals surface area contributed by atoms with Crippen molar-refractivity contribution in [1.29, 1.82) is 0 Å². The molecule has 2 nitrogen and oxygen atoms in total. The molecule has 0 radical (unpaired) electrons. The van der Waals surface area contributed by atoms with Crippen molar-refractivity contribution in [2.24, 2.45) is 5.92 Å². The number of hydrogen-bond donors (Lipinski definition) is 1. The SMILES string of the molecule is CC1(C)C[C@H](CCO)CCO1. The molecule has 1 aliphatic rings. The van der Waals surface area contributed by atoms with E-state index in [9.17, 15) is 0 Å². The summed E-state index contributed by atoms with van der Waals surface area (Å²) in [4.78, 5) is 0. The highest BCUT2D eigenvalue weighted by molar-refractivity contribution is 4.78. The van der Waals surface area contributed by atoms with Gasteiger partial charge in [0.1, 0.15) is 0 Å². The van der Waals surface area contributed by atoms with Crippen molar-refractivity contribution in [2.75, 3.05) is 13.2 Å². The van der Waals surface area contributed by atoms with Crippen molar-refractivity contribution in [3.8, 4) is 0 Å². The zero-order valence-corrected chi connectivity index (χ0v) is 7.47. The monoisotopic (exact) mass is 158 g/mol. The predicted octanol–water partition coefficient (Wildman–Crippen LogP) is 1.57. The molecule has 0 aromatic heterocycles. The molecule has 66 valence electrons. The number of ether oxygens (including phenoxy) is 1. The minimum Gasteiger partial charge on any atom is -0.396 e. The molecule has 1 N–H and O–H groups in total. The average Bonchev–Trinajstić information content (AvgIpc) is 1.85. The van der Waals surface area contributed by atoms with E-state index in [0.717, 1.165) is 25.9 Å². The molecule has 1 aliphatic heterocycles. The van der Waals surface area contributed by atoms with Gasteiger partial charge in [-0.15, -0.1) is 0 Å². The van der Waals surface area contributed by atoms with E-state index >= 15 is 0 Å². The molecule has 0 aromatic rings. The summed E-state index contributed by atoms with van der Waals surface area (Å²) in [7, 11) is 0. The third-order valence-electron chi connectivity index (χ3n) is 2.34. The Hall–Kier alpha value is -0.0800. The summed E-state index contributed by atoms with van der Waals surface area (Å²) in [6, 6.07) is 0. The van der Waals surface area contributed by atoms with E-state index in [2.05, 4.69) is 13.8 Å². The zero-order chi connectivity index (χ0) is 8.32. The van der Waals surface area contributed by atoms with Gasteiger partial charge < -0.3 is 9.84 Å². The molecule has 1 heterocycles. The van der Waals surface area contributed by atoms with Crippen LogP contribution in [-0.4, -0.2) is 23.9 Å². The lowest BCUT2D eigenvalue weighted by Crippen LogP contribution is -2.34. The molecule has 1 rings (SSSR count). The van der Waals surface area contributed by atoms with Crippen LogP contribution in [0.15, 0.2) is 0 Å². The van der Waals surface area contributed by atoms with Crippen LogP contribution in [0.4, 0.5) is 0 Å². The molecule has 0 aliphatic carbocycles. The minimum atomic E-state index is 0.0398. The molecule has 0 saturated carbocycles. The van der Waals surface area contributed by atoms with E-state index < -0.39 is 0 Å². The van der Waals surface area contributed by atoms with E-state index in [1.165, 1.54) is 0 Å². The van der Waals surface area contributed by atoms with E-state index in [4.69, 9.17) is 9.84 Å². The molecule has 2 heteroatoms. The Morgan fingerprint density at radius 1 is 1.55 bits per heavy atom. The summed E-state index contributed by atoms with van der Waals surface area (Å²) in [6.07, 6.45) is 3.14. The smallest absolute Gasteiger partial charge is 0.0629 e. The highest BCUT2D eigenvalue weighted by Crippen LogP contribution is 2.29. The molecule has 0 amide bonds. The van der Waals surface area contributed by atoms with E-state index in [1.807, 2.05) is 0 Å². The fourth-order valence-electron chi connectivity index (χ4n) is 1.79. The second-order valence-electron chi connectivity index (χ2n) is 3.98. The van der Waals surface area contributed by atoms with Gasteiger partial charge in [-0.3, -0.25) is 0 Å². The maximum atomic E-state index is 8.75.